The van der Waals surface area contributed by atoms with Crippen LogP contribution in [0.25, 0.3) is 5.76 Å². The predicted octanol–water partition coefficient (Wildman–Crippen LogP) is 3.24. The van der Waals surface area contributed by atoms with E-state index in [1.54, 1.807) is 32.6 Å². The Kier molecular flexibility index (Phi) is 4.60. The molecule has 0 saturated heterocycles. The highest BCUT2D eigenvalue weighted by Crippen LogP contribution is 2.25. The Balaban J connectivity index is 2.21. The molecule has 2 rings (SSSR count). The first-order chi connectivity index (χ1) is 9.74. The van der Waals surface area contributed by atoms with Crippen LogP contribution in [0.15, 0.2) is 48.7 Å². The van der Waals surface area contributed by atoms with Gasteiger partial charge >= 0.3 is 0 Å². The highest BCUT2D eigenvalue weighted by Gasteiger charge is 2.05. The first-order valence-electron chi connectivity index (χ1n) is 6.26. The molecular formula is C16H17NO3. The fourth-order valence-electron chi connectivity index (χ4n) is 1.87. The molecule has 1 aromatic heterocycles. The Bertz CT molecular complexity index is 594. The quantitative estimate of drug-likeness (QED) is 0.848. The van der Waals surface area contributed by atoms with Crippen molar-refractivity contribution in [3.05, 3.63) is 59.9 Å². The summed E-state index contributed by atoms with van der Waals surface area (Å²) in [7, 11) is 3.24. The largest absolute Gasteiger partial charge is 0.506 e. The van der Waals surface area contributed by atoms with Gasteiger partial charge in [-0.05, 0) is 42.8 Å². The van der Waals surface area contributed by atoms with Crippen molar-refractivity contribution in [3.63, 3.8) is 0 Å². The van der Waals surface area contributed by atoms with E-state index in [9.17, 15) is 5.11 Å². The van der Waals surface area contributed by atoms with E-state index in [4.69, 9.17) is 9.47 Å². The van der Waals surface area contributed by atoms with Gasteiger partial charge in [-0.25, -0.2) is 0 Å². The predicted molar refractivity (Wildman–Crippen MR) is 78.1 cm³/mol. The number of rotatable bonds is 5. The van der Waals surface area contributed by atoms with Crippen molar-refractivity contribution in [1.82, 2.24) is 4.98 Å². The molecule has 0 saturated carbocycles. The van der Waals surface area contributed by atoms with Crippen molar-refractivity contribution in [2.75, 3.05) is 14.2 Å². The zero-order valence-corrected chi connectivity index (χ0v) is 11.5. The Labute approximate surface area is 118 Å². The lowest BCUT2D eigenvalue weighted by Gasteiger charge is -2.09. The Hall–Kier alpha value is -2.49. The molecule has 0 spiro atoms. The summed E-state index contributed by atoms with van der Waals surface area (Å²) in [5, 5.41) is 10.00. The van der Waals surface area contributed by atoms with Crippen molar-refractivity contribution in [2.24, 2.45) is 0 Å². The van der Waals surface area contributed by atoms with E-state index in [1.165, 1.54) is 0 Å². The zero-order chi connectivity index (χ0) is 14.4. The number of aromatic nitrogens is 1. The molecule has 0 aliphatic rings. The second kappa shape index (κ2) is 6.61. The monoisotopic (exact) mass is 271 g/mol. The number of hydrogen-bond donors (Lipinski definition) is 1. The van der Waals surface area contributed by atoms with Gasteiger partial charge in [0.15, 0.2) is 0 Å². The molecule has 0 atom stereocenters. The molecule has 0 bridgehead atoms. The van der Waals surface area contributed by atoms with Crippen molar-refractivity contribution in [3.8, 4) is 11.5 Å². The van der Waals surface area contributed by atoms with E-state index in [2.05, 4.69) is 4.98 Å². The highest BCUT2D eigenvalue weighted by atomic mass is 16.5. The highest BCUT2D eigenvalue weighted by molar-refractivity contribution is 5.55. The summed E-state index contributed by atoms with van der Waals surface area (Å²) in [5.74, 6) is 1.66. The molecule has 1 N–H and O–H groups in total. The van der Waals surface area contributed by atoms with E-state index in [0.29, 0.717) is 12.1 Å². The summed E-state index contributed by atoms with van der Waals surface area (Å²) < 4.78 is 10.5. The third kappa shape index (κ3) is 3.29. The number of benzene rings is 1. The second-order valence-corrected chi connectivity index (χ2v) is 4.19. The lowest BCUT2D eigenvalue weighted by Crippen LogP contribution is -1.94. The summed E-state index contributed by atoms with van der Waals surface area (Å²) >= 11 is 0. The lowest BCUT2D eigenvalue weighted by molar-refractivity contribution is 0.399. The summed E-state index contributed by atoms with van der Waals surface area (Å²) in [6.45, 7) is 0. The van der Waals surface area contributed by atoms with Crippen LogP contribution in [0.2, 0.25) is 0 Å². The Morgan fingerprint density at radius 1 is 1.20 bits per heavy atom. The minimum Gasteiger partial charge on any atom is -0.506 e. The number of aliphatic hydroxyl groups excluding tert-OH is 1. The molecule has 0 radical (unpaired) electrons. The topological polar surface area (TPSA) is 51.6 Å². The van der Waals surface area contributed by atoms with Crippen LogP contribution in [0, 0.1) is 0 Å². The van der Waals surface area contributed by atoms with Crippen LogP contribution < -0.4 is 9.47 Å². The minimum absolute atomic E-state index is 0.149. The maximum absolute atomic E-state index is 10.00. The number of ether oxygens (including phenoxy) is 2. The van der Waals surface area contributed by atoms with Crippen molar-refractivity contribution in [2.45, 2.75) is 6.42 Å². The van der Waals surface area contributed by atoms with E-state index >= 15 is 0 Å². The Morgan fingerprint density at radius 2 is 2.05 bits per heavy atom. The van der Waals surface area contributed by atoms with Gasteiger partial charge in [0.25, 0.3) is 0 Å². The molecule has 0 aliphatic carbocycles. The second-order valence-electron chi connectivity index (χ2n) is 4.19. The smallest absolute Gasteiger partial charge is 0.137 e. The average Bonchev–Trinajstić information content (AvgIpc) is 2.53. The van der Waals surface area contributed by atoms with Crippen LogP contribution in [0.3, 0.4) is 0 Å². The van der Waals surface area contributed by atoms with Gasteiger partial charge in [0.05, 0.1) is 14.2 Å². The molecule has 4 heteroatoms. The van der Waals surface area contributed by atoms with E-state index in [1.807, 2.05) is 30.3 Å². The van der Waals surface area contributed by atoms with Crippen LogP contribution in [-0.4, -0.2) is 24.3 Å². The number of nitrogens with zero attached hydrogens (tertiary/aromatic N) is 1. The molecule has 1 heterocycles. The number of hydrogen-bond acceptors (Lipinski definition) is 4. The molecule has 4 nitrogen and oxygen atoms in total. The van der Waals surface area contributed by atoms with Gasteiger partial charge in [0.2, 0.25) is 0 Å². The summed E-state index contributed by atoms with van der Waals surface area (Å²) in [6, 6.07) is 11.0. The first kappa shape index (κ1) is 13.9. The lowest BCUT2D eigenvalue weighted by atomic mass is 10.1. The van der Waals surface area contributed by atoms with Gasteiger partial charge in [-0.3, -0.25) is 4.98 Å². The van der Waals surface area contributed by atoms with Crippen LogP contribution in [0.4, 0.5) is 0 Å². The molecule has 20 heavy (non-hydrogen) atoms. The van der Waals surface area contributed by atoms with Gasteiger partial charge in [-0.2, -0.15) is 0 Å². The van der Waals surface area contributed by atoms with Gasteiger partial charge < -0.3 is 14.6 Å². The van der Waals surface area contributed by atoms with E-state index < -0.39 is 0 Å². The van der Waals surface area contributed by atoms with Crippen LogP contribution in [0.1, 0.15) is 11.3 Å². The van der Waals surface area contributed by atoms with Gasteiger partial charge in [0.1, 0.15) is 23.0 Å². The molecule has 1 aromatic carbocycles. The van der Waals surface area contributed by atoms with E-state index in [0.717, 1.165) is 17.1 Å². The minimum atomic E-state index is 0.149. The molecule has 0 amide bonds. The molecule has 2 aromatic rings. The summed E-state index contributed by atoms with van der Waals surface area (Å²) in [5.41, 5.74) is 1.49. The zero-order valence-electron chi connectivity index (χ0n) is 11.5. The van der Waals surface area contributed by atoms with Crippen LogP contribution >= 0.6 is 0 Å². The van der Waals surface area contributed by atoms with Gasteiger partial charge in [-0.15, -0.1) is 0 Å². The molecular weight excluding hydrogens is 254 g/mol. The van der Waals surface area contributed by atoms with Crippen LogP contribution in [-0.2, 0) is 6.42 Å². The number of pyridine rings is 1. The molecule has 0 unspecified atom stereocenters. The van der Waals surface area contributed by atoms with Crippen molar-refractivity contribution >= 4 is 5.76 Å². The molecule has 104 valence electrons. The number of methoxy groups -OCH3 is 2. The SMILES string of the molecule is COc1ccc(OC)c(C/C=C(/O)c2ccccn2)c1. The Morgan fingerprint density at radius 3 is 2.70 bits per heavy atom. The van der Waals surface area contributed by atoms with Gasteiger partial charge in [0, 0.05) is 11.8 Å². The average molecular weight is 271 g/mol. The standard InChI is InChI=1S/C16H17NO3/c1-19-13-7-9-16(20-2)12(11-13)6-8-15(18)14-5-3-4-10-17-14/h3-5,7-11,18H,6H2,1-2H3/b15-8+. The molecule has 0 aliphatic heterocycles. The fourth-order valence-corrected chi connectivity index (χ4v) is 1.87. The fraction of sp³-hybridized carbons (Fsp3) is 0.188. The number of allylic oxidation sites excluding steroid dienone is 1. The normalized spacial score (nSPS) is 11.2. The third-order valence-electron chi connectivity index (χ3n) is 2.93. The summed E-state index contributed by atoms with van der Waals surface area (Å²) in [6.07, 6.45) is 3.88. The first-order valence-corrected chi connectivity index (χ1v) is 6.26. The van der Waals surface area contributed by atoms with E-state index in [-0.39, 0.29) is 5.76 Å². The molecule has 0 fully saturated rings. The maximum Gasteiger partial charge on any atom is 0.137 e. The van der Waals surface area contributed by atoms with Crippen molar-refractivity contribution in [1.29, 1.82) is 0 Å². The van der Waals surface area contributed by atoms with Crippen molar-refractivity contribution < 1.29 is 14.6 Å². The third-order valence-corrected chi connectivity index (χ3v) is 2.93. The summed E-state index contributed by atoms with van der Waals surface area (Å²) in [4.78, 5) is 4.09. The van der Waals surface area contributed by atoms with Crippen LogP contribution in [0.5, 0.6) is 11.5 Å². The van der Waals surface area contributed by atoms with Gasteiger partial charge in [-0.1, -0.05) is 6.07 Å². The maximum atomic E-state index is 10.00. The number of aliphatic hydroxyl groups is 1.